The van der Waals surface area contributed by atoms with Crippen LogP contribution in [0.25, 0.3) is 11.3 Å². The Hall–Kier alpha value is -1.98. The molecule has 26 heavy (non-hydrogen) atoms. The highest BCUT2D eigenvalue weighted by atomic mass is 79.9. The highest BCUT2D eigenvalue weighted by Crippen LogP contribution is 2.27. The Morgan fingerprint density at radius 2 is 1.73 bits per heavy atom. The molecule has 1 aromatic heterocycles. The summed E-state index contributed by atoms with van der Waals surface area (Å²) in [6.07, 6.45) is 1.88. The molecule has 5 heteroatoms. The van der Waals surface area contributed by atoms with Gasteiger partial charge in [-0.2, -0.15) is 5.10 Å². The Balaban J connectivity index is 2.12. The van der Waals surface area contributed by atoms with Crippen LogP contribution in [0.4, 0.5) is 0 Å². The van der Waals surface area contributed by atoms with E-state index in [1.807, 2.05) is 42.1 Å². The van der Waals surface area contributed by atoms with Crippen molar-refractivity contribution in [1.82, 2.24) is 4.68 Å². The summed E-state index contributed by atoms with van der Waals surface area (Å²) in [5.74, 6) is 0. The number of benzene rings is 2. The van der Waals surface area contributed by atoms with Crippen LogP contribution in [0.5, 0.6) is 0 Å². The summed E-state index contributed by atoms with van der Waals surface area (Å²) >= 11 is 5.09. The molecule has 0 aliphatic carbocycles. The van der Waals surface area contributed by atoms with E-state index in [0.717, 1.165) is 27.1 Å². The summed E-state index contributed by atoms with van der Waals surface area (Å²) in [5, 5.41) is 6.89. The van der Waals surface area contributed by atoms with Crippen LogP contribution in [0, 0.1) is 20.8 Å². The Morgan fingerprint density at radius 3 is 2.42 bits per heavy atom. The van der Waals surface area contributed by atoms with Gasteiger partial charge in [0, 0.05) is 22.0 Å². The Kier molecular flexibility index (Phi) is 5.89. The molecule has 3 aromatic rings. The van der Waals surface area contributed by atoms with Crippen LogP contribution >= 0.6 is 27.3 Å². The summed E-state index contributed by atoms with van der Waals surface area (Å²) in [6.45, 7) is 9.23. The fourth-order valence-electron chi connectivity index (χ4n) is 2.75. The van der Waals surface area contributed by atoms with Gasteiger partial charge >= 0.3 is 0 Å². The van der Waals surface area contributed by atoms with Gasteiger partial charge in [-0.25, -0.2) is 4.68 Å². The molecular weight excluding hydrogens is 406 g/mol. The van der Waals surface area contributed by atoms with Gasteiger partial charge in [0.2, 0.25) is 4.80 Å². The highest BCUT2D eigenvalue weighted by Gasteiger charge is 2.11. The Labute approximate surface area is 166 Å². The molecule has 3 nitrogen and oxygen atoms in total. The summed E-state index contributed by atoms with van der Waals surface area (Å²) in [4.78, 5) is 5.52. The van der Waals surface area contributed by atoms with Crippen LogP contribution in [0.15, 0.2) is 56.3 Å². The first kappa shape index (κ1) is 18.8. The second kappa shape index (κ2) is 8.14. The van der Waals surface area contributed by atoms with Crippen LogP contribution in [-0.2, 0) is 0 Å². The minimum atomic E-state index is 0.736. The molecular formula is C21H22BrN3S. The molecule has 0 radical (unpaired) electrons. The van der Waals surface area contributed by atoms with Gasteiger partial charge in [-0.05, 0) is 68.1 Å². The zero-order valence-electron chi connectivity index (χ0n) is 15.5. The number of hydrogen-bond donors (Lipinski definition) is 0. The minimum Gasteiger partial charge on any atom is -0.258 e. The number of halogens is 1. The van der Waals surface area contributed by atoms with E-state index in [1.54, 1.807) is 11.3 Å². The first-order chi connectivity index (χ1) is 12.5. The van der Waals surface area contributed by atoms with Crippen molar-refractivity contribution < 1.29 is 0 Å². The van der Waals surface area contributed by atoms with E-state index in [0.29, 0.717) is 0 Å². The van der Waals surface area contributed by atoms with Gasteiger partial charge < -0.3 is 0 Å². The van der Waals surface area contributed by atoms with E-state index >= 15 is 0 Å². The van der Waals surface area contributed by atoms with Gasteiger partial charge in [-0.3, -0.25) is 4.99 Å². The molecule has 0 saturated heterocycles. The second-order valence-corrected chi connectivity index (χ2v) is 7.99. The summed E-state index contributed by atoms with van der Waals surface area (Å²) in [5.41, 5.74) is 7.18. The molecule has 0 fully saturated rings. The molecule has 0 saturated carbocycles. The molecule has 3 rings (SSSR count). The number of hydrogen-bond acceptors (Lipinski definition) is 3. The number of aryl methyl sites for hydroxylation is 3. The Bertz CT molecular complexity index is 1010. The van der Waals surface area contributed by atoms with E-state index in [1.165, 1.54) is 22.3 Å². The maximum absolute atomic E-state index is 4.75. The third kappa shape index (κ3) is 4.05. The number of thiazole rings is 1. The van der Waals surface area contributed by atoms with Crippen molar-refractivity contribution in [3.05, 3.63) is 73.3 Å². The third-order valence-electron chi connectivity index (χ3n) is 4.29. The van der Waals surface area contributed by atoms with Crippen molar-refractivity contribution in [2.75, 3.05) is 6.54 Å². The lowest BCUT2D eigenvalue weighted by Gasteiger charge is -2.10. The van der Waals surface area contributed by atoms with Crippen LogP contribution < -0.4 is 4.80 Å². The van der Waals surface area contributed by atoms with Crippen molar-refractivity contribution in [3.63, 3.8) is 0 Å². The average Bonchev–Trinajstić information content (AvgIpc) is 3.00. The number of nitrogens with zero attached hydrogens (tertiary/aromatic N) is 3. The molecule has 1 heterocycles. The fraction of sp³-hybridized carbons (Fsp3) is 0.238. The summed E-state index contributed by atoms with van der Waals surface area (Å²) in [7, 11) is 0. The van der Waals surface area contributed by atoms with Crippen LogP contribution in [0.1, 0.15) is 29.2 Å². The molecule has 0 atom stereocenters. The molecule has 0 amide bonds. The summed E-state index contributed by atoms with van der Waals surface area (Å²) < 4.78 is 3.01. The van der Waals surface area contributed by atoms with Gasteiger partial charge in [-0.15, -0.1) is 11.3 Å². The van der Waals surface area contributed by atoms with Crippen molar-refractivity contribution in [2.24, 2.45) is 10.1 Å². The predicted molar refractivity (Wildman–Crippen MR) is 115 cm³/mol. The predicted octanol–water partition coefficient (Wildman–Crippen LogP) is 5.71. The minimum absolute atomic E-state index is 0.736. The number of rotatable bonds is 4. The van der Waals surface area contributed by atoms with Crippen molar-refractivity contribution in [2.45, 2.75) is 27.7 Å². The van der Waals surface area contributed by atoms with Crippen LogP contribution in [0.3, 0.4) is 0 Å². The van der Waals surface area contributed by atoms with Gasteiger partial charge in [0.1, 0.15) is 0 Å². The maximum atomic E-state index is 4.75. The lowest BCUT2D eigenvalue weighted by atomic mass is 9.99. The Morgan fingerprint density at radius 1 is 1.04 bits per heavy atom. The number of aromatic nitrogens is 1. The SMILES string of the molecule is CCN=c1scc(-c2cc(C)c(C)cc2C)n1N=Cc1ccc(Br)cc1. The maximum Gasteiger partial charge on any atom is 0.206 e. The fourth-order valence-corrected chi connectivity index (χ4v) is 3.91. The van der Waals surface area contributed by atoms with Gasteiger partial charge in [0.25, 0.3) is 0 Å². The lowest BCUT2D eigenvalue weighted by Crippen LogP contribution is -2.12. The molecule has 0 bridgehead atoms. The zero-order valence-corrected chi connectivity index (χ0v) is 17.9. The van der Waals surface area contributed by atoms with Crippen molar-refractivity contribution in [1.29, 1.82) is 0 Å². The standard InChI is InChI=1S/C21H22BrN3S/c1-5-23-21-25(24-12-17-6-8-18(22)9-7-17)20(13-26-21)19-11-15(3)14(2)10-16(19)4/h6-13H,5H2,1-4H3. The van der Waals surface area contributed by atoms with E-state index in [-0.39, 0.29) is 0 Å². The zero-order chi connectivity index (χ0) is 18.7. The van der Waals surface area contributed by atoms with Crippen molar-refractivity contribution in [3.8, 4) is 11.3 Å². The van der Waals surface area contributed by atoms with Crippen LogP contribution in [-0.4, -0.2) is 17.4 Å². The van der Waals surface area contributed by atoms with Crippen molar-refractivity contribution >= 4 is 33.5 Å². The van der Waals surface area contributed by atoms with E-state index < -0.39 is 0 Å². The summed E-state index contributed by atoms with van der Waals surface area (Å²) in [6, 6.07) is 12.6. The largest absolute Gasteiger partial charge is 0.258 e. The first-order valence-corrected chi connectivity index (χ1v) is 10.3. The normalized spacial score (nSPS) is 12.3. The second-order valence-electron chi connectivity index (χ2n) is 6.24. The van der Waals surface area contributed by atoms with Crippen LogP contribution in [0.2, 0.25) is 0 Å². The first-order valence-electron chi connectivity index (χ1n) is 8.58. The smallest absolute Gasteiger partial charge is 0.206 e. The van der Waals surface area contributed by atoms with Gasteiger partial charge in [0.05, 0.1) is 11.9 Å². The monoisotopic (exact) mass is 427 g/mol. The lowest BCUT2D eigenvalue weighted by molar-refractivity contribution is 0.832. The molecule has 0 N–H and O–H groups in total. The molecule has 0 unspecified atom stereocenters. The molecule has 0 aliphatic heterocycles. The molecule has 2 aromatic carbocycles. The van der Waals surface area contributed by atoms with Gasteiger partial charge in [-0.1, -0.05) is 34.1 Å². The average molecular weight is 428 g/mol. The van der Waals surface area contributed by atoms with E-state index in [9.17, 15) is 0 Å². The highest BCUT2D eigenvalue weighted by molar-refractivity contribution is 9.10. The van der Waals surface area contributed by atoms with E-state index in [2.05, 4.69) is 59.2 Å². The molecule has 0 aliphatic rings. The third-order valence-corrected chi connectivity index (χ3v) is 5.67. The topological polar surface area (TPSA) is 29.6 Å². The van der Waals surface area contributed by atoms with Gasteiger partial charge in [0.15, 0.2) is 0 Å². The van der Waals surface area contributed by atoms with E-state index in [4.69, 9.17) is 5.10 Å². The molecule has 134 valence electrons. The molecule has 0 spiro atoms. The quantitative estimate of drug-likeness (QED) is 0.477.